The standard InChI is InChI=1S/C18H21NO2/c1-12-7-8-18(16(9-12)13(2)19)21-11-14-10-20-17-6-4-3-5-15(14)17/h3-9,13-14H,10-11,19H2,1-2H3. The van der Waals surface area contributed by atoms with E-state index in [4.69, 9.17) is 15.2 Å². The van der Waals surface area contributed by atoms with Gasteiger partial charge in [0.25, 0.3) is 0 Å². The molecular weight excluding hydrogens is 262 g/mol. The lowest BCUT2D eigenvalue weighted by Gasteiger charge is -2.17. The largest absolute Gasteiger partial charge is 0.493 e. The second kappa shape index (κ2) is 5.78. The Hall–Kier alpha value is -2.00. The van der Waals surface area contributed by atoms with Crippen molar-refractivity contribution in [2.24, 2.45) is 5.73 Å². The molecule has 0 bridgehead atoms. The van der Waals surface area contributed by atoms with E-state index in [9.17, 15) is 0 Å². The number of ether oxygens (including phenoxy) is 2. The lowest BCUT2D eigenvalue weighted by Crippen LogP contribution is -2.14. The highest BCUT2D eigenvalue weighted by molar-refractivity contribution is 5.41. The fourth-order valence-electron chi connectivity index (χ4n) is 2.71. The molecule has 0 saturated heterocycles. The lowest BCUT2D eigenvalue weighted by molar-refractivity contribution is 0.246. The van der Waals surface area contributed by atoms with Crippen LogP contribution in [0.3, 0.4) is 0 Å². The molecule has 0 fully saturated rings. The van der Waals surface area contributed by atoms with Crippen LogP contribution < -0.4 is 15.2 Å². The minimum Gasteiger partial charge on any atom is -0.493 e. The first-order valence-corrected chi connectivity index (χ1v) is 7.36. The molecule has 2 aromatic rings. The molecule has 3 heteroatoms. The van der Waals surface area contributed by atoms with E-state index in [-0.39, 0.29) is 12.0 Å². The van der Waals surface area contributed by atoms with Gasteiger partial charge in [-0.25, -0.2) is 0 Å². The Balaban J connectivity index is 1.75. The Labute approximate surface area is 125 Å². The number of rotatable bonds is 4. The Morgan fingerprint density at radius 2 is 2.10 bits per heavy atom. The minimum atomic E-state index is -0.0352. The van der Waals surface area contributed by atoms with Crippen molar-refractivity contribution in [3.8, 4) is 11.5 Å². The van der Waals surface area contributed by atoms with Gasteiger partial charge in [-0.1, -0.05) is 35.9 Å². The van der Waals surface area contributed by atoms with E-state index in [1.165, 1.54) is 11.1 Å². The van der Waals surface area contributed by atoms with Crippen molar-refractivity contribution in [3.63, 3.8) is 0 Å². The summed E-state index contributed by atoms with van der Waals surface area (Å²) in [6, 6.07) is 14.3. The van der Waals surface area contributed by atoms with E-state index >= 15 is 0 Å². The monoisotopic (exact) mass is 283 g/mol. The summed E-state index contributed by atoms with van der Waals surface area (Å²) >= 11 is 0. The van der Waals surface area contributed by atoms with Gasteiger partial charge in [-0.3, -0.25) is 0 Å². The summed E-state index contributed by atoms with van der Waals surface area (Å²) in [5.41, 5.74) is 9.52. The first kappa shape index (κ1) is 14.0. The van der Waals surface area contributed by atoms with Crippen LogP contribution in [0.2, 0.25) is 0 Å². The summed E-state index contributed by atoms with van der Waals surface area (Å²) in [7, 11) is 0. The van der Waals surface area contributed by atoms with Crippen LogP contribution in [0, 0.1) is 6.92 Å². The Morgan fingerprint density at radius 1 is 1.29 bits per heavy atom. The van der Waals surface area contributed by atoms with Crippen molar-refractivity contribution in [1.82, 2.24) is 0 Å². The average molecular weight is 283 g/mol. The second-order valence-corrected chi connectivity index (χ2v) is 5.69. The van der Waals surface area contributed by atoms with Crippen LogP contribution in [0.15, 0.2) is 42.5 Å². The fourth-order valence-corrected chi connectivity index (χ4v) is 2.71. The summed E-state index contributed by atoms with van der Waals surface area (Å²) in [5, 5.41) is 0. The smallest absolute Gasteiger partial charge is 0.124 e. The fraction of sp³-hybridized carbons (Fsp3) is 0.333. The maximum absolute atomic E-state index is 6.04. The third kappa shape index (κ3) is 2.88. The van der Waals surface area contributed by atoms with E-state index in [0.29, 0.717) is 13.2 Å². The number of nitrogens with two attached hydrogens (primary N) is 1. The van der Waals surface area contributed by atoms with Gasteiger partial charge in [-0.15, -0.1) is 0 Å². The number of fused-ring (bicyclic) bond motifs is 1. The molecule has 2 N–H and O–H groups in total. The molecule has 3 nitrogen and oxygen atoms in total. The van der Waals surface area contributed by atoms with Crippen molar-refractivity contribution in [2.45, 2.75) is 25.8 Å². The van der Waals surface area contributed by atoms with Crippen LogP contribution in [-0.2, 0) is 0 Å². The van der Waals surface area contributed by atoms with Crippen LogP contribution in [0.4, 0.5) is 0 Å². The molecule has 2 atom stereocenters. The zero-order chi connectivity index (χ0) is 14.8. The molecule has 0 spiro atoms. The SMILES string of the molecule is Cc1ccc(OCC2COc3ccccc32)c(C(C)N)c1. The van der Waals surface area contributed by atoms with Crippen LogP contribution in [-0.4, -0.2) is 13.2 Å². The molecule has 0 amide bonds. The highest BCUT2D eigenvalue weighted by atomic mass is 16.5. The maximum Gasteiger partial charge on any atom is 0.124 e. The van der Waals surface area contributed by atoms with Gasteiger partial charge in [0.2, 0.25) is 0 Å². The highest BCUT2D eigenvalue weighted by Gasteiger charge is 2.24. The maximum atomic E-state index is 6.04. The quantitative estimate of drug-likeness (QED) is 0.933. The first-order valence-electron chi connectivity index (χ1n) is 7.36. The predicted octanol–water partition coefficient (Wildman–Crippen LogP) is 3.57. The molecule has 1 aliphatic heterocycles. The van der Waals surface area contributed by atoms with Gasteiger partial charge in [-0.05, 0) is 26.0 Å². The molecular formula is C18H21NO2. The van der Waals surface area contributed by atoms with Crippen molar-refractivity contribution in [3.05, 3.63) is 59.2 Å². The second-order valence-electron chi connectivity index (χ2n) is 5.69. The van der Waals surface area contributed by atoms with Crippen LogP contribution in [0.5, 0.6) is 11.5 Å². The number of hydrogen-bond acceptors (Lipinski definition) is 3. The topological polar surface area (TPSA) is 44.5 Å². The molecule has 21 heavy (non-hydrogen) atoms. The summed E-state index contributed by atoms with van der Waals surface area (Å²) in [5.74, 6) is 2.13. The Kier molecular flexibility index (Phi) is 3.84. The van der Waals surface area contributed by atoms with Gasteiger partial charge in [-0.2, -0.15) is 0 Å². The van der Waals surface area contributed by atoms with Crippen molar-refractivity contribution in [1.29, 1.82) is 0 Å². The molecule has 0 radical (unpaired) electrons. The molecule has 0 saturated carbocycles. The van der Waals surface area contributed by atoms with E-state index < -0.39 is 0 Å². The summed E-state index contributed by atoms with van der Waals surface area (Å²) in [4.78, 5) is 0. The van der Waals surface area contributed by atoms with Gasteiger partial charge in [0.05, 0.1) is 19.1 Å². The van der Waals surface area contributed by atoms with Crippen LogP contribution in [0.1, 0.15) is 35.6 Å². The van der Waals surface area contributed by atoms with Crippen molar-refractivity contribution >= 4 is 0 Å². The van der Waals surface area contributed by atoms with Crippen molar-refractivity contribution < 1.29 is 9.47 Å². The van der Waals surface area contributed by atoms with Crippen molar-refractivity contribution in [2.75, 3.05) is 13.2 Å². The molecule has 3 rings (SSSR count). The van der Waals surface area contributed by atoms with Gasteiger partial charge in [0.1, 0.15) is 11.5 Å². The Bertz CT molecular complexity index is 637. The van der Waals surface area contributed by atoms with Crippen LogP contribution >= 0.6 is 0 Å². The zero-order valence-corrected chi connectivity index (χ0v) is 12.5. The molecule has 0 aromatic heterocycles. The van der Waals surface area contributed by atoms with Gasteiger partial charge in [0, 0.05) is 17.2 Å². The molecule has 1 heterocycles. The van der Waals surface area contributed by atoms with E-state index in [2.05, 4.69) is 25.1 Å². The van der Waals surface area contributed by atoms with Gasteiger partial charge >= 0.3 is 0 Å². The lowest BCUT2D eigenvalue weighted by atomic mass is 10.0. The third-order valence-electron chi connectivity index (χ3n) is 3.89. The van der Waals surface area contributed by atoms with Gasteiger partial charge < -0.3 is 15.2 Å². The third-order valence-corrected chi connectivity index (χ3v) is 3.89. The van der Waals surface area contributed by atoms with E-state index in [1.54, 1.807) is 0 Å². The average Bonchev–Trinajstić information content (AvgIpc) is 2.89. The van der Waals surface area contributed by atoms with Crippen LogP contribution in [0.25, 0.3) is 0 Å². The first-order chi connectivity index (χ1) is 10.1. The highest BCUT2D eigenvalue weighted by Crippen LogP contribution is 2.34. The molecule has 0 aliphatic carbocycles. The van der Waals surface area contributed by atoms with Gasteiger partial charge in [0.15, 0.2) is 0 Å². The number of aryl methyl sites for hydroxylation is 1. The predicted molar refractivity (Wildman–Crippen MR) is 84.0 cm³/mol. The zero-order valence-electron chi connectivity index (χ0n) is 12.5. The minimum absolute atomic E-state index is 0.0352. The normalized spacial score (nSPS) is 18.0. The summed E-state index contributed by atoms with van der Waals surface area (Å²) in [6.07, 6.45) is 0. The number of benzene rings is 2. The molecule has 110 valence electrons. The Morgan fingerprint density at radius 3 is 2.90 bits per heavy atom. The molecule has 1 aliphatic rings. The van der Waals surface area contributed by atoms with E-state index in [1.807, 2.05) is 31.2 Å². The molecule has 2 unspecified atom stereocenters. The van der Waals surface area contributed by atoms with E-state index in [0.717, 1.165) is 17.1 Å². The summed E-state index contributed by atoms with van der Waals surface area (Å²) in [6.45, 7) is 5.34. The number of hydrogen-bond donors (Lipinski definition) is 1. The molecule has 2 aromatic carbocycles. The number of para-hydroxylation sites is 1. The summed E-state index contributed by atoms with van der Waals surface area (Å²) < 4.78 is 11.7.